The van der Waals surface area contributed by atoms with Crippen molar-refractivity contribution in [3.8, 4) is 0 Å². The topological polar surface area (TPSA) is 82.4 Å². The minimum absolute atomic E-state index is 0.134. The van der Waals surface area contributed by atoms with Crippen LogP contribution in [0.1, 0.15) is 12.7 Å². The van der Waals surface area contributed by atoms with Gasteiger partial charge in [0.2, 0.25) is 0 Å². The molecule has 7 nitrogen and oxygen atoms in total. The summed E-state index contributed by atoms with van der Waals surface area (Å²) in [5, 5.41) is 2.39. The zero-order valence-corrected chi connectivity index (χ0v) is 12.6. The van der Waals surface area contributed by atoms with E-state index < -0.39 is 12.1 Å². The molecule has 0 aliphatic rings. The Bertz CT molecular complexity index is 733. The summed E-state index contributed by atoms with van der Waals surface area (Å²) >= 11 is 0. The van der Waals surface area contributed by atoms with Crippen LogP contribution in [0.4, 0.5) is 4.79 Å². The number of carbonyl (C=O) groups is 2. The van der Waals surface area contributed by atoms with Crippen LogP contribution in [0.2, 0.25) is 0 Å². The van der Waals surface area contributed by atoms with Crippen molar-refractivity contribution < 1.29 is 19.1 Å². The lowest BCUT2D eigenvalue weighted by atomic mass is 10.2. The Balaban J connectivity index is 2.43. The molecule has 0 bridgehead atoms. The van der Waals surface area contributed by atoms with E-state index in [2.05, 4.69) is 10.3 Å². The van der Waals surface area contributed by atoms with E-state index in [4.69, 9.17) is 9.47 Å². The number of nitrogens with one attached hydrogen (secondary N) is 1. The van der Waals surface area contributed by atoms with Gasteiger partial charge >= 0.3 is 12.1 Å². The van der Waals surface area contributed by atoms with E-state index in [1.807, 2.05) is 24.3 Å². The number of benzene rings is 1. The van der Waals surface area contributed by atoms with Crippen LogP contribution in [0.5, 0.6) is 0 Å². The predicted molar refractivity (Wildman–Crippen MR) is 80.9 cm³/mol. The standard InChI is InChI=1S/C15H17N3O4/c1-4-22-15(20)16-9-10(14(19)21-3)13-17-11-7-5-6-8-12(11)18(13)2/h5-9H,4H2,1-3H3,(H,16,20)/b10-9+. The lowest BCUT2D eigenvalue weighted by Crippen LogP contribution is -2.21. The van der Waals surface area contributed by atoms with Gasteiger partial charge in [0.05, 0.1) is 24.8 Å². The fraction of sp³-hybridized carbons (Fsp3) is 0.267. The smallest absolute Gasteiger partial charge is 0.411 e. The zero-order chi connectivity index (χ0) is 16.1. The Hall–Kier alpha value is -2.83. The van der Waals surface area contributed by atoms with E-state index >= 15 is 0 Å². The molecule has 0 saturated heterocycles. The van der Waals surface area contributed by atoms with E-state index in [1.54, 1.807) is 18.5 Å². The Morgan fingerprint density at radius 2 is 2.09 bits per heavy atom. The SMILES string of the molecule is CCOC(=O)N/C=C(/C(=O)OC)c1nc2ccccc2n1C. The van der Waals surface area contributed by atoms with Gasteiger partial charge in [-0.1, -0.05) is 12.1 Å². The van der Waals surface area contributed by atoms with E-state index in [0.717, 1.165) is 11.0 Å². The number of alkyl carbamates (subject to hydrolysis) is 1. The average Bonchev–Trinajstić information content (AvgIpc) is 2.85. The largest absolute Gasteiger partial charge is 0.465 e. The second-order valence-electron chi connectivity index (χ2n) is 4.40. The molecule has 0 saturated carbocycles. The summed E-state index contributed by atoms with van der Waals surface area (Å²) in [6, 6.07) is 7.47. The van der Waals surface area contributed by atoms with Crippen molar-refractivity contribution in [1.29, 1.82) is 0 Å². The number of carbonyl (C=O) groups excluding carboxylic acids is 2. The molecule has 0 spiro atoms. The van der Waals surface area contributed by atoms with Gasteiger partial charge in [0.15, 0.2) is 0 Å². The maximum Gasteiger partial charge on any atom is 0.411 e. The maximum atomic E-state index is 12.0. The lowest BCUT2D eigenvalue weighted by molar-refractivity contribution is -0.133. The summed E-state index contributed by atoms with van der Waals surface area (Å²) in [5.74, 6) is -0.208. The quantitative estimate of drug-likeness (QED) is 0.688. The van der Waals surface area contributed by atoms with Gasteiger partial charge in [0.25, 0.3) is 0 Å². The van der Waals surface area contributed by atoms with Crippen LogP contribution >= 0.6 is 0 Å². The summed E-state index contributed by atoms with van der Waals surface area (Å²) in [4.78, 5) is 27.8. The number of aromatic nitrogens is 2. The fourth-order valence-electron chi connectivity index (χ4n) is 2.01. The summed E-state index contributed by atoms with van der Waals surface area (Å²) in [5.41, 5.74) is 1.74. The van der Waals surface area contributed by atoms with Gasteiger partial charge in [-0.3, -0.25) is 5.32 Å². The molecule has 7 heteroatoms. The Kier molecular flexibility index (Phi) is 4.77. The molecule has 0 aliphatic carbocycles. The summed E-state index contributed by atoms with van der Waals surface area (Å²) in [7, 11) is 3.05. The lowest BCUT2D eigenvalue weighted by Gasteiger charge is -2.07. The number of hydrogen-bond donors (Lipinski definition) is 1. The van der Waals surface area contributed by atoms with E-state index in [-0.39, 0.29) is 12.2 Å². The molecule has 0 radical (unpaired) electrons. The van der Waals surface area contributed by atoms with Crippen LogP contribution in [0.3, 0.4) is 0 Å². The second-order valence-corrected chi connectivity index (χ2v) is 4.40. The monoisotopic (exact) mass is 303 g/mol. The highest BCUT2D eigenvalue weighted by molar-refractivity contribution is 6.16. The molecule has 0 atom stereocenters. The van der Waals surface area contributed by atoms with E-state index in [0.29, 0.717) is 5.82 Å². The van der Waals surface area contributed by atoms with Crippen molar-refractivity contribution in [3.05, 3.63) is 36.3 Å². The number of para-hydroxylation sites is 2. The van der Waals surface area contributed by atoms with Gasteiger partial charge in [0.1, 0.15) is 11.4 Å². The van der Waals surface area contributed by atoms with Crippen molar-refractivity contribution in [3.63, 3.8) is 0 Å². The third-order valence-electron chi connectivity index (χ3n) is 3.04. The van der Waals surface area contributed by atoms with Gasteiger partial charge in [-0.05, 0) is 19.1 Å². The first-order chi connectivity index (χ1) is 10.6. The number of fused-ring (bicyclic) bond motifs is 1. The molecule has 2 rings (SSSR count). The molecule has 0 fully saturated rings. The van der Waals surface area contributed by atoms with Gasteiger partial charge in [0, 0.05) is 13.2 Å². The van der Waals surface area contributed by atoms with Crippen LogP contribution in [0.25, 0.3) is 16.6 Å². The molecule has 1 aromatic heterocycles. The first-order valence-electron chi connectivity index (χ1n) is 6.72. The molecular formula is C15H17N3O4. The van der Waals surface area contributed by atoms with E-state index in [1.165, 1.54) is 13.3 Å². The van der Waals surface area contributed by atoms with Crippen molar-refractivity contribution in [1.82, 2.24) is 14.9 Å². The van der Waals surface area contributed by atoms with Crippen molar-refractivity contribution in [2.24, 2.45) is 7.05 Å². The van der Waals surface area contributed by atoms with Crippen LogP contribution in [0.15, 0.2) is 30.5 Å². The third-order valence-corrected chi connectivity index (χ3v) is 3.04. The Morgan fingerprint density at radius 3 is 2.73 bits per heavy atom. The third kappa shape index (κ3) is 3.08. The van der Waals surface area contributed by atoms with Gasteiger partial charge in [-0.15, -0.1) is 0 Å². The van der Waals surface area contributed by atoms with Crippen LogP contribution < -0.4 is 5.32 Å². The molecule has 1 aromatic carbocycles. The first-order valence-corrected chi connectivity index (χ1v) is 6.72. The van der Waals surface area contributed by atoms with E-state index in [9.17, 15) is 9.59 Å². The number of imidazole rings is 1. The molecule has 0 aliphatic heterocycles. The molecular weight excluding hydrogens is 286 g/mol. The molecule has 1 N–H and O–H groups in total. The van der Waals surface area contributed by atoms with Crippen molar-refractivity contribution in [2.75, 3.05) is 13.7 Å². The van der Waals surface area contributed by atoms with Gasteiger partial charge in [-0.25, -0.2) is 14.6 Å². The highest BCUT2D eigenvalue weighted by Gasteiger charge is 2.19. The highest BCUT2D eigenvalue weighted by Crippen LogP contribution is 2.20. The fourth-order valence-corrected chi connectivity index (χ4v) is 2.01. The number of nitrogens with zero attached hydrogens (tertiary/aromatic N) is 2. The van der Waals surface area contributed by atoms with Crippen LogP contribution in [-0.2, 0) is 21.3 Å². The maximum absolute atomic E-state index is 12.0. The molecule has 0 unspecified atom stereocenters. The number of rotatable bonds is 4. The molecule has 1 heterocycles. The number of methoxy groups -OCH3 is 1. The average molecular weight is 303 g/mol. The van der Waals surface area contributed by atoms with Crippen LogP contribution in [0, 0.1) is 0 Å². The highest BCUT2D eigenvalue weighted by atomic mass is 16.5. The number of esters is 1. The molecule has 1 amide bonds. The first kappa shape index (κ1) is 15.6. The Morgan fingerprint density at radius 1 is 1.36 bits per heavy atom. The predicted octanol–water partition coefficient (Wildman–Crippen LogP) is 1.83. The summed E-state index contributed by atoms with van der Waals surface area (Å²) in [6.07, 6.45) is 0.591. The molecule has 2 aromatic rings. The number of ether oxygens (including phenoxy) is 2. The van der Waals surface area contributed by atoms with Gasteiger partial charge < -0.3 is 14.0 Å². The van der Waals surface area contributed by atoms with Crippen LogP contribution in [-0.4, -0.2) is 35.3 Å². The zero-order valence-electron chi connectivity index (χ0n) is 12.6. The van der Waals surface area contributed by atoms with Crippen molar-refractivity contribution >= 4 is 28.7 Å². The number of amides is 1. The summed E-state index contributed by atoms with van der Waals surface area (Å²) in [6.45, 7) is 1.93. The second kappa shape index (κ2) is 6.75. The minimum atomic E-state index is -0.650. The normalized spacial score (nSPS) is 11.3. The van der Waals surface area contributed by atoms with Crippen molar-refractivity contribution in [2.45, 2.75) is 6.92 Å². The van der Waals surface area contributed by atoms with Gasteiger partial charge in [-0.2, -0.15) is 0 Å². The minimum Gasteiger partial charge on any atom is -0.465 e. The molecule has 116 valence electrons. The molecule has 22 heavy (non-hydrogen) atoms. The Labute approximate surface area is 127 Å². The number of aryl methyl sites for hydroxylation is 1. The number of hydrogen-bond acceptors (Lipinski definition) is 5. The summed E-state index contributed by atoms with van der Waals surface area (Å²) < 4.78 is 11.3.